The van der Waals surface area contributed by atoms with Crippen LogP contribution in [0.25, 0.3) is 0 Å². The number of rotatable bonds is 3. The van der Waals surface area contributed by atoms with Crippen molar-refractivity contribution in [2.75, 3.05) is 24.6 Å². The molecule has 3 aliphatic rings. The molecule has 0 unspecified atom stereocenters. The van der Waals surface area contributed by atoms with Gasteiger partial charge in [-0.3, -0.25) is 4.79 Å². The van der Waals surface area contributed by atoms with Crippen LogP contribution in [0.1, 0.15) is 57.2 Å². The number of hydrogen-bond donors (Lipinski definition) is 1. The molecule has 2 fully saturated rings. The highest BCUT2D eigenvalue weighted by Crippen LogP contribution is 2.46. The summed E-state index contributed by atoms with van der Waals surface area (Å²) in [5, 5.41) is 3.12. The fraction of sp³-hybridized carbons (Fsp3) is 0.571. The molecule has 1 aliphatic carbocycles. The van der Waals surface area contributed by atoms with Crippen molar-refractivity contribution in [3.8, 4) is 0 Å². The van der Waals surface area contributed by atoms with E-state index in [1.54, 1.807) is 11.3 Å². The molecule has 1 spiro atoms. The standard InChI is InChI=1S/C21H26N4O2S/c1-13-12-22-14(2)23-19(13)25-8-6-21(7-9-25)18-15(5-10-27-21)11-17(28-18)20(26)24-16-3-4-16/h11-12,16H,3-10H2,1-2H3,(H,24,26). The zero-order chi connectivity index (χ0) is 19.3. The zero-order valence-electron chi connectivity index (χ0n) is 16.5. The van der Waals surface area contributed by atoms with Gasteiger partial charge in [0.05, 0.1) is 11.5 Å². The van der Waals surface area contributed by atoms with Crippen LogP contribution in [-0.2, 0) is 16.8 Å². The summed E-state index contributed by atoms with van der Waals surface area (Å²) in [6, 6.07) is 2.49. The molecule has 0 aromatic carbocycles. The number of aromatic nitrogens is 2. The van der Waals surface area contributed by atoms with Crippen LogP contribution in [0.3, 0.4) is 0 Å². The number of nitrogens with one attached hydrogen (secondary N) is 1. The van der Waals surface area contributed by atoms with E-state index in [0.717, 1.165) is 73.9 Å². The molecule has 2 aliphatic heterocycles. The van der Waals surface area contributed by atoms with Crippen molar-refractivity contribution in [3.05, 3.63) is 39.0 Å². The fourth-order valence-corrected chi connectivity index (χ4v) is 5.62. The van der Waals surface area contributed by atoms with E-state index in [1.807, 2.05) is 13.1 Å². The van der Waals surface area contributed by atoms with Crippen molar-refractivity contribution in [1.29, 1.82) is 0 Å². The highest BCUT2D eigenvalue weighted by Gasteiger charge is 2.43. The molecule has 4 heterocycles. The van der Waals surface area contributed by atoms with Gasteiger partial charge < -0.3 is 15.0 Å². The van der Waals surface area contributed by atoms with Gasteiger partial charge in [-0.2, -0.15) is 0 Å². The van der Waals surface area contributed by atoms with E-state index < -0.39 is 0 Å². The maximum absolute atomic E-state index is 12.5. The minimum Gasteiger partial charge on any atom is -0.369 e. The molecule has 1 saturated heterocycles. The van der Waals surface area contributed by atoms with Crippen molar-refractivity contribution >= 4 is 23.1 Å². The molecule has 5 rings (SSSR count). The number of thiophene rings is 1. The Hall–Kier alpha value is -1.99. The van der Waals surface area contributed by atoms with Gasteiger partial charge in [0.25, 0.3) is 5.91 Å². The van der Waals surface area contributed by atoms with E-state index in [-0.39, 0.29) is 11.5 Å². The van der Waals surface area contributed by atoms with Crippen LogP contribution in [0.4, 0.5) is 5.82 Å². The number of ether oxygens (including phenoxy) is 1. The van der Waals surface area contributed by atoms with Gasteiger partial charge in [0, 0.05) is 35.8 Å². The van der Waals surface area contributed by atoms with Crippen molar-refractivity contribution in [2.24, 2.45) is 0 Å². The Morgan fingerprint density at radius 1 is 1.32 bits per heavy atom. The van der Waals surface area contributed by atoms with Gasteiger partial charge in [0.2, 0.25) is 0 Å². The van der Waals surface area contributed by atoms with Crippen LogP contribution in [0.15, 0.2) is 12.3 Å². The quantitative estimate of drug-likeness (QED) is 0.860. The number of piperidine rings is 1. The lowest BCUT2D eigenvalue weighted by Gasteiger charge is -2.44. The summed E-state index contributed by atoms with van der Waals surface area (Å²) in [6.45, 7) is 6.54. The molecule has 1 N–H and O–H groups in total. The first-order valence-electron chi connectivity index (χ1n) is 10.2. The van der Waals surface area contributed by atoms with Gasteiger partial charge in [-0.1, -0.05) is 0 Å². The van der Waals surface area contributed by atoms with Crippen molar-refractivity contribution in [1.82, 2.24) is 15.3 Å². The van der Waals surface area contributed by atoms with Crippen LogP contribution in [0, 0.1) is 13.8 Å². The molecule has 0 atom stereocenters. The van der Waals surface area contributed by atoms with E-state index in [9.17, 15) is 4.79 Å². The van der Waals surface area contributed by atoms with Crippen molar-refractivity contribution < 1.29 is 9.53 Å². The van der Waals surface area contributed by atoms with E-state index in [1.165, 1.54) is 10.4 Å². The van der Waals surface area contributed by atoms with Crippen LogP contribution in [0.5, 0.6) is 0 Å². The van der Waals surface area contributed by atoms with Gasteiger partial charge in [-0.25, -0.2) is 9.97 Å². The largest absolute Gasteiger partial charge is 0.369 e. The Labute approximate surface area is 169 Å². The Morgan fingerprint density at radius 3 is 2.86 bits per heavy atom. The monoisotopic (exact) mass is 398 g/mol. The van der Waals surface area contributed by atoms with E-state index >= 15 is 0 Å². The van der Waals surface area contributed by atoms with Gasteiger partial charge >= 0.3 is 0 Å². The zero-order valence-corrected chi connectivity index (χ0v) is 17.3. The third-order valence-corrected chi connectivity index (χ3v) is 7.41. The smallest absolute Gasteiger partial charge is 0.261 e. The van der Waals surface area contributed by atoms with Crippen LogP contribution >= 0.6 is 11.3 Å². The molecule has 7 heteroatoms. The second-order valence-electron chi connectivity index (χ2n) is 8.22. The van der Waals surface area contributed by atoms with Crippen LogP contribution in [0.2, 0.25) is 0 Å². The summed E-state index contributed by atoms with van der Waals surface area (Å²) in [6.07, 6.45) is 6.88. The molecular formula is C21H26N4O2S. The van der Waals surface area contributed by atoms with Gasteiger partial charge in [-0.05, 0) is 57.6 Å². The normalized spacial score (nSPS) is 20.9. The molecule has 2 aromatic heterocycles. The number of nitrogens with zero attached hydrogens (tertiary/aromatic N) is 3. The van der Waals surface area contributed by atoms with Crippen molar-refractivity contribution in [3.63, 3.8) is 0 Å². The predicted octanol–water partition coefficient (Wildman–Crippen LogP) is 3.12. The minimum atomic E-state index is -0.247. The lowest BCUT2D eigenvalue weighted by molar-refractivity contribution is -0.0735. The number of amides is 1. The van der Waals surface area contributed by atoms with Gasteiger partial charge in [0.15, 0.2) is 0 Å². The summed E-state index contributed by atoms with van der Waals surface area (Å²) < 4.78 is 6.38. The molecule has 6 nitrogen and oxygen atoms in total. The number of fused-ring (bicyclic) bond motifs is 2. The average Bonchev–Trinajstić information content (AvgIpc) is 3.39. The number of aryl methyl sites for hydroxylation is 2. The second kappa shape index (κ2) is 6.81. The summed E-state index contributed by atoms with van der Waals surface area (Å²) in [4.78, 5) is 25.9. The Kier molecular flexibility index (Phi) is 4.39. The maximum atomic E-state index is 12.5. The highest BCUT2D eigenvalue weighted by atomic mass is 32.1. The lowest BCUT2D eigenvalue weighted by atomic mass is 9.85. The van der Waals surface area contributed by atoms with E-state index in [2.05, 4.69) is 33.2 Å². The summed E-state index contributed by atoms with van der Waals surface area (Å²) in [7, 11) is 0. The summed E-state index contributed by atoms with van der Waals surface area (Å²) in [5.74, 6) is 1.93. The van der Waals surface area contributed by atoms with Crippen LogP contribution in [-0.4, -0.2) is 41.6 Å². The molecule has 28 heavy (non-hydrogen) atoms. The number of carbonyl (C=O) groups excluding carboxylic acids is 1. The second-order valence-corrected chi connectivity index (χ2v) is 9.27. The first-order chi connectivity index (χ1) is 13.5. The predicted molar refractivity (Wildman–Crippen MR) is 109 cm³/mol. The molecule has 0 bridgehead atoms. The molecule has 1 amide bonds. The maximum Gasteiger partial charge on any atom is 0.261 e. The van der Waals surface area contributed by atoms with Crippen molar-refractivity contribution in [2.45, 2.75) is 57.6 Å². The lowest BCUT2D eigenvalue weighted by Crippen LogP contribution is -2.46. The number of anilines is 1. The molecule has 2 aromatic rings. The fourth-order valence-electron chi connectivity index (χ4n) is 4.31. The molecule has 1 saturated carbocycles. The third kappa shape index (κ3) is 3.20. The SMILES string of the molecule is Cc1ncc(C)c(N2CCC3(CC2)OCCc2cc(C(=O)NC4CC4)sc23)n1. The average molecular weight is 399 g/mol. The topological polar surface area (TPSA) is 67.4 Å². The molecule has 0 radical (unpaired) electrons. The van der Waals surface area contributed by atoms with E-state index in [4.69, 9.17) is 4.74 Å². The highest BCUT2D eigenvalue weighted by molar-refractivity contribution is 7.14. The van der Waals surface area contributed by atoms with Gasteiger partial charge in [-0.15, -0.1) is 11.3 Å². The minimum absolute atomic E-state index is 0.0848. The Bertz CT molecular complexity index is 913. The van der Waals surface area contributed by atoms with Gasteiger partial charge in [0.1, 0.15) is 17.2 Å². The number of carbonyl (C=O) groups is 1. The van der Waals surface area contributed by atoms with Crippen LogP contribution < -0.4 is 10.2 Å². The Morgan fingerprint density at radius 2 is 2.11 bits per heavy atom. The summed E-state index contributed by atoms with van der Waals surface area (Å²) in [5.41, 5.74) is 2.17. The number of hydrogen-bond acceptors (Lipinski definition) is 6. The van der Waals surface area contributed by atoms with E-state index in [0.29, 0.717) is 6.04 Å². The first kappa shape index (κ1) is 18.1. The third-order valence-electron chi connectivity index (χ3n) is 6.05. The molecular weight excluding hydrogens is 372 g/mol. The first-order valence-corrected chi connectivity index (χ1v) is 11.0. The summed E-state index contributed by atoms with van der Waals surface area (Å²) >= 11 is 1.64. The Balaban J connectivity index is 1.37. The molecule has 148 valence electrons.